The first kappa shape index (κ1) is 6.15. The first-order valence-corrected chi connectivity index (χ1v) is 3.22. The van der Waals surface area contributed by atoms with Crippen molar-refractivity contribution in [2.24, 2.45) is 0 Å². The standard InChI is InChI=1S/C6H11BO/c7-6(8)4-2-1-3-5-6/h8H,1-5H2. The molecule has 1 N–H and O–H groups in total. The molecule has 1 saturated carbocycles. The molecular formula is C6H11BO. The summed E-state index contributed by atoms with van der Waals surface area (Å²) in [6.45, 7) is 0. The Kier molecular flexibility index (Phi) is 1.61. The fraction of sp³-hybridized carbons (Fsp3) is 1.00. The maximum absolute atomic E-state index is 9.15. The van der Waals surface area contributed by atoms with E-state index in [-0.39, 0.29) is 0 Å². The van der Waals surface area contributed by atoms with E-state index in [9.17, 15) is 0 Å². The average molecular weight is 110 g/mol. The lowest BCUT2D eigenvalue weighted by atomic mass is 9.71. The van der Waals surface area contributed by atoms with Gasteiger partial charge >= 0.3 is 0 Å². The number of hydrogen-bond acceptors (Lipinski definition) is 1. The van der Waals surface area contributed by atoms with Crippen LogP contribution in [0.25, 0.3) is 0 Å². The van der Waals surface area contributed by atoms with Crippen molar-refractivity contribution < 1.29 is 5.11 Å². The lowest BCUT2D eigenvalue weighted by Crippen LogP contribution is -2.31. The molecule has 0 atom stereocenters. The summed E-state index contributed by atoms with van der Waals surface area (Å²) in [4.78, 5) is 0. The molecule has 0 aliphatic heterocycles. The summed E-state index contributed by atoms with van der Waals surface area (Å²) < 4.78 is 0. The van der Waals surface area contributed by atoms with Crippen molar-refractivity contribution in [2.45, 2.75) is 37.6 Å². The van der Waals surface area contributed by atoms with Gasteiger partial charge < -0.3 is 5.11 Å². The summed E-state index contributed by atoms with van der Waals surface area (Å²) in [7, 11) is 5.43. The SMILES string of the molecule is [B]C1(O)CCCCC1. The van der Waals surface area contributed by atoms with Gasteiger partial charge in [-0.2, -0.15) is 0 Å². The van der Waals surface area contributed by atoms with E-state index >= 15 is 0 Å². The highest BCUT2D eigenvalue weighted by Gasteiger charge is 2.21. The Balaban J connectivity index is 2.33. The molecule has 0 aromatic heterocycles. The molecule has 0 saturated heterocycles. The van der Waals surface area contributed by atoms with Crippen molar-refractivity contribution in [3.63, 3.8) is 0 Å². The predicted molar refractivity (Wildman–Crippen MR) is 33.8 cm³/mol. The van der Waals surface area contributed by atoms with Gasteiger partial charge in [-0.1, -0.05) is 19.3 Å². The highest BCUT2D eigenvalue weighted by Crippen LogP contribution is 2.24. The third kappa shape index (κ3) is 1.51. The molecule has 0 aromatic rings. The van der Waals surface area contributed by atoms with E-state index < -0.39 is 5.50 Å². The van der Waals surface area contributed by atoms with E-state index in [1.165, 1.54) is 6.42 Å². The van der Waals surface area contributed by atoms with Crippen LogP contribution in [0.2, 0.25) is 0 Å². The molecule has 0 spiro atoms. The van der Waals surface area contributed by atoms with Crippen LogP contribution < -0.4 is 0 Å². The van der Waals surface area contributed by atoms with Crippen molar-refractivity contribution in [3.8, 4) is 0 Å². The van der Waals surface area contributed by atoms with Crippen LogP contribution in [0, 0.1) is 0 Å². The normalized spacial score (nSPS) is 27.6. The topological polar surface area (TPSA) is 20.2 Å². The monoisotopic (exact) mass is 110 g/mol. The largest absolute Gasteiger partial charge is 0.400 e. The van der Waals surface area contributed by atoms with Gasteiger partial charge in [0, 0.05) is 5.50 Å². The van der Waals surface area contributed by atoms with Crippen LogP contribution in [0.5, 0.6) is 0 Å². The molecule has 0 aromatic carbocycles. The first-order chi connectivity index (χ1) is 3.71. The lowest BCUT2D eigenvalue weighted by Gasteiger charge is -2.27. The van der Waals surface area contributed by atoms with E-state index in [4.69, 9.17) is 13.0 Å². The van der Waals surface area contributed by atoms with Crippen LogP contribution in [0.1, 0.15) is 32.1 Å². The van der Waals surface area contributed by atoms with Gasteiger partial charge in [-0.05, 0) is 12.8 Å². The molecule has 2 heteroatoms. The van der Waals surface area contributed by atoms with Crippen molar-refractivity contribution in [2.75, 3.05) is 0 Å². The second-order valence-electron chi connectivity index (χ2n) is 2.66. The molecule has 44 valence electrons. The van der Waals surface area contributed by atoms with Crippen LogP contribution in [-0.4, -0.2) is 18.5 Å². The predicted octanol–water partition coefficient (Wildman–Crippen LogP) is 0.808. The van der Waals surface area contributed by atoms with Crippen LogP contribution in [-0.2, 0) is 0 Å². The summed E-state index contributed by atoms with van der Waals surface area (Å²) in [5.41, 5.74) is -0.821. The molecule has 1 aliphatic carbocycles. The molecule has 8 heavy (non-hydrogen) atoms. The van der Waals surface area contributed by atoms with E-state index in [1.807, 2.05) is 0 Å². The Morgan fingerprint density at radius 3 is 1.88 bits per heavy atom. The fourth-order valence-electron chi connectivity index (χ4n) is 1.16. The van der Waals surface area contributed by atoms with Crippen LogP contribution in [0.4, 0.5) is 0 Å². The molecule has 1 rings (SSSR count). The minimum atomic E-state index is -0.821. The van der Waals surface area contributed by atoms with Crippen molar-refractivity contribution in [3.05, 3.63) is 0 Å². The quantitative estimate of drug-likeness (QED) is 0.457. The first-order valence-electron chi connectivity index (χ1n) is 3.22. The van der Waals surface area contributed by atoms with Gasteiger partial charge in [-0.15, -0.1) is 0 Å². The Labute approximate surface area is 51.5 Å². The van der Waals surface area contributed by atoms with Crippen molar-refractivity contribution in [1.82, 2.24) is 0 Å². The molecule has 0 bridgehead atoms. The minimum Gasteiger partial charge on any atom is -0.400 e. The van der Waals surface area contributed by atoms with Crippen LogP contribution >= 0.6 is 0 Å². The highest BCUT2D eigenvalue weighted by molar-refractivity contribution is 6.14. The minimum absolute atomic E-state index is 0.785. The average Bonchev–Trinajstić information content (AvgIpc) is 1.65. The number of hydrogen-bond donors (Lipinski definition) is 1. The fourth-order valence-corrected chi connectivity index (χ4v) is 1.16. The maximum atomic E-state index is 9.15. The van der Waals surface area contributed by atoms with Gasteiger partial charge in [0.1, 0.15) is 7.85 Å². The molecule has 2 radical (unpaired) electrons. The Morgan fingerprint density at radius 1 is 1.12 bits per heavy atom. The molecule has 1 nitrogen and oxygen atoms in total. The zero-order valence-electron chi connectivity index (χ0n) is 5.06. The second kappa shape index (κ2) is 2.10. The summed E-state index contributed by atoms with van der Waals surface area (Å²) in [5.74, 6) is 0. The second-order valence-corrected chi connectivity index (χ2v) is 2.66. The van der Waals surface area contributed by atoms with Crippen molar-refractivity contribution in [1.29, 1.82) is 0 Å². The summed E-state index contributed by atoms with van der Waals surface area (Å²) >= 11 is 0. The Hall–Kier alpha value is 0.0249. The Bertz CT molecular complexity index is 72.6. The zero-order chi connectivity index (χ0) is 6.04. The van der Waals surface area contributed by atoms with E-state index in [1.54, 1.807) is 0 Å². The third-order valence-corrected chi connectivity index (χ3v) is 1.72. The molecule has 0 heterocycles. The highest BCUT2D eigenvalue weighted by atomic mass is 16.3. The van der Waals surface area contributed by atoms with Crippen LogP contribution in [0.15, 0.2) is 0 Å². The molecule has 0 unspecified atom stereocenters. The number of rotatable bonds is 0. The summed E-state index contributed by atoms with van der Waals surface area (Å²) in [6.07, 6.45) is 4.99. The lowest BCUT2D eigenvalue weighted by molar-refractivity contribution is 0.0857. The summed E-state index contributed by atoms with van der Waals surface area (Å²) in [5, 5.41) is 9.15. The van der Waals surface area contributed by atoms with Gasteiger partial charge in [-0.25, -0.2) is 0 Å². The zero-order valence-corrected chi connectivity index (χ0v) is 5.06. The molecule has 1 fully saturated rings. The molecule has 1 aliphatic rings. The third-order valence-electron chi connectivity index (χ3n) is 1.72. The van der Waals surface area contributed by atoms with Gasteiger partial charge in [0.2, 0.25) is 0 Å². The van der Waals surface area contributed by atoms with Gasteiger partial charge in [-0.3, -0.25) is 0 Å². The van der Waals surface area contributed by atoms with E-state index in [0.717, 1.165) is 25.7 Å². The maximum Gasteiger partial charge on any atom is 0.113 e. The smallest absolute Gasteiger partial charge is 0.113 e. The molecular weight excluding hydrogens is 98.9 g/mol. The van der Waals surface area contributed by atoms with Gasteiger partial charge in [0.15, 0.2) is 0 Å². The number of aliphatic hydroxyl groups is 1. The van der Waals surface area contributed by atoms with E-state index in [0.29, 0.717) is 0 Å². The summed E-state index contributed by atoms with van der Waals surface area (Å²) in [6, 6.07) is 0. The van der Waals surface area contributed by atoms with Gasteiger partial charge in [0.25, 0.3) is 0 Å². The van der Waals surface area contributed by atoms with Crippen molar-refractivity contribution >= 4 is 7.85 Å². The van der Waals surface area contributed by atoms with Gasteiger partial charge in [0.05, 0.1) is 0 Å². The molecule has 0 amide bonds. The Morgan fingerprint density at radius 2 is 1.62 bits per heavy atom. The van der Waals surface area contributed by atoms with Crippen LogP contribution in [0.3, 0.4) is 0 Å². The van der Waals surface area contributed by atoms with E-state index in [2.05, 4.69) is 0 Å².